The first-order valence-electron chi connectivity index (χ1n) is 12.6. The topological polar surface area (TPSA) is 157 Å². The summed E-state index contributed by atoms with van der Waals surface area (Å²) in [6.45, 7) is 4.00. The van der Waals surface area contributed by atoms with Crippen molar-refractivity contribution in [3.05, 3.63) is 53.6 Å². The standard InChI is InChI=1S/C27H32N4O7/c1-15-24(34)29-21(27(37)31-11-3-4-12-31)13-17-5-7-18(8-6-17)38-19-9-10-22(33)20(14-19)25(35)30-23(16(2)32)26(36)28-15/h5-10,14-16,21,23,32-33H,3-4,11-13H2,1-2H3,(H,28,36)(H,29,34)(H,30,35)/t15-,16+,21-,23-/m0/s1. The lowest BCUT2D eigenvalue weighted by Crippen LogP contribution is -2.58. The zero-order valence-electron chi connectivity index (χ0n) is 21.3. The quantitative estimate of drug-likeness (QED) is 0.364. The molecule has 5 rings (SSSR count). The first-order chi connectivity index (χ1) is 18.1. The highest BCUT2D eigenvalue weighted by Gasteiger charge is 2.32. The molecular weight excluding hydrogens is 492 g/mol. The average Bonchev–Trinajstić information content (AvgIpc) is 3.42. The number of rotatable bonds is 2. The van der Waals surface area contributed by atoms with Gasteiger partial charge >= 0.3 is 0 Å². The third kappa shape index (κ3) is 6.23. The smallest absolute Gasteiger partial charge is 0.255 e. The molecular formula is C27H32N4O7. The number of benzene rings is 2. The zero-order chi connectivity index (χ0) is 27.4. The summed E-state index contributed by atoms with van der Waals surface area (Å²) in [6, 6.07) is 7.72. The Hall–Kier alpha value is -4.12. The van der Waals surface area contributed by atoms with E-state index in [4.69, 9.17) is 4.74 Å². The minimum absolute atomic E-state index is 0.159. The SMILES string of the molecule is C[C@@H]1NC(=O)[C@H]([C@@H](C)O)NC(=O)c2cc(ccc2O)Oc2ccc(cc2)C[C@@H](C(=O)N2CCCC2)NC1=O. The number of aliphatic hydroxyl groups is 1. The van der Waals surface area contributed by atoms with E-state index in [1.54, 1.807) is 29.2 Å². The minimum atomic E-state index is -1.42. The van der Waals surface area contributed by atoms with Crippen molar-refractivity contribution in [2.45, 2.75) is 57.3 Å². The number of nitrogens with one attached hydrogen (secondary N) is 3. The van der Waals surface area contributed by atoms with Gasteiger partial charge in [-0.3, -0.25) is 19.2 Å². The summed E-state index contributed by atoms with van der Waals surface area (Å²) in [6.07, 6.45) is 0.716. The van der Waals surface area contributed by atoms with Gasteiger partial charge in [-0.1, -0.05) is 12.1 Å². The predicted octanol–water partition coefficient (Wildman–Crippen LogP) is 0.832. The Labute approximate surface area is 220 Å². The first-order valence-corrected chi connectivity index (χ1v) is 12.6. The first kappa shape index (κ1) is 26.9. The molecule has 0 aromatic heterocycles. The fraction of sp³-hybridized carbons (Fsp3) is 0.407. The Morgan fingerprint density at radius 1 is 0.974 bits per heavy atom. The zero-order valence-corrected chi connectivity index (χ0v) is 21.3. The molecule has 1 saturated heterocycles. The molecule has 38 heavy (non-hydrogen) atoms. The molecule has 3 heterocycles. The number of aromatic hydroxyl groups is 1. The maximum absolute atomic E-state index is 13.3. The number of carbonyl (C=O) groups excluding carboxylic acids is 4. The van der Waals surface area contributed by atoms with Gasteiger partial charge in [0.1, 0.15) is 35.4 Å². The lowest BCUT2D eigenvalue weighted by Gasteiger charge is -2.27. The molecule has 2 aromatic carbocycles. The lowest BCUT2D eigenvalue weighted by molar-refractivity contribution is -0.136. The highest BCUT2D eigenvalue weighted by Crippen LogP contribution is 2.28. The molecule has 1 fully saturated rings. The van der Waals surface area contributed by atoms with Crippen molar-refractivity contribution in [1.82, 2.24) is 20.9 Å². The largest absolute Gasteiger partial charge is 0.507 e. The van der Waals surface area contributed by atoms with Gasteiger partial charge in [0.15, 0.2) is 0 Å². The second kappa shape index (κ2) is 11.5. The summed E-state index contributed by atoms with van der Waals surface area (Å²) < 4.78 is 5.84. The van der Waals surface area contributed by atoms with E-state index >= 15 is 0 Å². The van der Waals surface area contributed by atoms with Crippen molar-refractivity contribution in [3.8, 4) is 17.2 Å². The molecule has 4 bridgehead atoms. The number of phenolic OH excluding ortho intramolecular Hbond substituents is 1. The van der Waals surface area contributed by atoms with Crippen LogP contribution < -0.4 is 20.7 Å². The summed E-state index contributed by atoms with van der Waals surface area (Å²) in [5, 5.41) is 28.1. The van der Waals surface area contributed by atoms with Crippen LogP contribution in [-0.2, 0) is 20.8 Å². The van der Waals surface area contributed by atoms with E-state index < -0.39 is 42.0 Å². The molecule has 0 aliphatic carbocycles. The van der Waals surface area contributed by atoms with E-state index in [1.165, 1.54) is 32.0 Å². The number of fused-ring (bicyclic) bond motifs is 11. The highest BCUT2D eigenvalue weighted by molar-refractivity contribution is 6.00. The third-order valence-corrected chi connectivity index (χ3v) is 6.65. The molecule has 0 radical (unpaired) electrons. The predicted molar refractivity (Wildman–Crippen MR) is 137 cm³/mol. The summed E-state index contributed by atoms with van der Waals surface area (Å²) >= 11 is 0. The minimum Gasteiger partial charge on any atom is -0.507 e. The number of amides is 4. The Morgan fingerprint density at radius 2 is 1.63 bits per heavy atom. The van der Waals surface area contributed by atoms with E-state index in [0.29, 0.717) is 18.8 Å². The van der Waals surface area contributed by atoms with E-state index in [0.717, 1.165) is 18.4 Å². The van der Waals surface area contributed by atoms with E-state index in [1.807, 2.05) is 0 Å². The molecule has 3 aliphatic rings. The van der Waals surface area contributed by atoms with Crippen LogP contribution in [-0.4, -0.2) is 76.1 Å². The van der Waals surface area contributed by atoms with E-state index in [9.17, 15) is 29.4 Å². The molecule has 4 atom stereocenters. The molecule has 0 unspecified atom stereocenters. The number of nitrogens with zero attached hydrogens (tertiary/aromatic N) is 1. The Bertz CT molecular complexity index is 1210. The highest BCUT2D eigenvalue weighted by atomic mass is 16.5. The number of hydrogen-bond donors (Lipinski definition) is 5. The fourth-order valence-corrected chi connectivity index (χ4v) is 4.47. The second-order valence-electron chi connectivity index (χ2n) is 9.64. The molecule has 11 nitrogen and oxygen atoms in total. The van der Waals surface area contributed by atoms with Crippen LogP contribution in [0.5, 0.6) is 17.2 Å². The normalized spacial score (nSPS) is 23.4. The summed E-state index contributed by atoms with van der Waals surface area (Å²) in [7, 11) is 0. The maximum Gasteiger partial charge on any atom is 0.255 e. The second-order valence-corrected chi connectivity index (χ2v) is 9.64. The van der Waals surface area contributed by atoms with Crippen LogP contribution in [0, 0.1) is 0 Å². The molecule has 5 N–H and O–H groups in total. The van der Waals surface area contributed by atoms with Crippen molar-refractivity contribution in [2.24, 2.45) is 0 Å². The van der Waals surface area contributed by atoms with Gasteiger partial charge in [0, 0.05) is 19.5 Å². The monoisotopic (exact) mass is 524 g/mol. The molecule has 3 aliphatic heterocycles. The van der Waals surface area contributed by atoms with E-state index in [2.05, 4.69) is 16.0 Å². The summed E-state index contributed by atoms with van der Waals surface area (Å²) in [5.41, 5.74) is 0.626. The fourth-order valence-electron chi connectivity index (χ4n) is 4.47. The van der Waals surface area contributed by atoms with Gasteiger partial charge in [0.2, 0.25) is 17.7 Å². The molecule has 0 saturated carbocycles. The number of carbonyl (C=O) groups is 4. The van der Waals surface area contributed by atoms with Crippen LogP contribution in [0.4, 0.5) is 0 Å². The van der Waals surface area contributed by atoms with Gasteiger partial charge in [-0.05, 0) is 62.6 Å². The molecule has 2 aromatic rings. The van der Waals surface area contributed by atoms with Gasteiger partial charge in [-0.25, -0.2) is 0 Å². The Kier molecular flexibility index (Phi) is 8.16. The van der Waals surface area contributed by atoms with Crippen molar-refractivity contribution in [3.63, 3.8) is 0 Å². The van der Waals surface area contributed by atoms with Crippen LogP contribution in [0.1, 0.15) is 42.6 Å². The van der Waals surface area contributed by atoms with Crippen LogP contribution in [0.15, 0.2) is 42.5 Å². The molecule has 11 heteroatoms. The van der Waals surface area contributed by atoms with Crippen LogP contribution in [0.2, 0.25) is 0 Å². The van der Waals surface area contributed by atoms with Crippen molar-refractivity contribution >= 4 is 23.6 Å². The van der Waals surface area contributed by atoms with Gasteiger partial charge in [-0.2, -0.15) is 0 Å². The van der Waals surface area contributed by atoms with Crippen molar-refractivity contribution < 1.29 is 34.1 Å². The number of ether oxygens (including phenoxy) is 1. The number of likely N-dealkylation sites (tertiary alicyclic amines) is 1. The molecule has 4 amide bonds. The summed E-state index contributed by atoms with van der Waals surface area (Å²) in [5.74, 6) is -2.03. The number of aliphatic hydroxyl groups excluding tert-OH is 1. The van der Waals surface area contributed by atoms with Gasteiger partial charge in [-0.15, -0.1) is 0 Å². The van der Waals surface area contributed by atoms with Gasteiger partial charge < -0.3 is 35.8 Å². The van der Waals surface area contributed by atoms with Gasteiger partial charge in [0.05, 0.1) is 11.7 Å². The maximum atomic E-state index is 13.3. The van der Waals surface area contributed by atoms with Crippen LogP contribution in [0.25, 0.3) is 0 Å². The Morgan fingerprint density at radius 3 is 2.29 bits per heavy atom. The van der Waals surface area contributed by atoms with E-state index in [-0.39, 0.29) is 29.4 Å². The average molecular weight is 525 g/mol. The van der Waals surface area contributed by atoms with Crippen LogP contribution >= 0.6 is 0 Å². The van der Waals surface area contributed by atoms with Crippen LogP contribution in [0.3, 0.4) is 0 Å². The number of hydrogen-bond acceptors (Lipinski definition) is 7. The molecule has 0 spiro atoms. The summed E-state index contributed by atoms with van der Waals surface area (Å²) in [4.78, 5) is 53.9. The van der Waals surface area contributed by atoms with Crippen molar-refractivity contribution in [2.75, 3.05) is 13.1 Å². The third-order valence-electron chi connectivity index (χ3n) is 6.65. The van der Waals surface area contributed by atoms with Gasteiger partial charge in [0.25, 0.3) is 5.91 Å². The van der Waals surface area contributed by atoms with Crippen molar-refractivity contribution in [1.29, 1.82) is 0 Å². The Balaban J connectivity index is 1.69. The number of phenols is 1. The molecule has 202 valence electrons. The lowest BCUT2D eigenvalue weighted by atomic mass is 10.0.